The zero-order chi connectivity index (χ0) is 11.0. The zero-order valence-electron chi connectivity index (χ0n) is 9.26. The van der Waals surface area contributed by atoms with Crippen LogP contribution in [0.25, 0.3) is 4.96 Å². The largest absolute Gasteiger partial charge is 0.308 e. The van der Waals surface area contributed by atoms with E-state index in [9.17, 15) is 0 Å². The van der Waals surface area contributed by atoms with Gasteiger partial charge in [0.1, 0.15) is 11.3 Å². The molecule has 1 aliphatic heterocycles. The summed E-state index contributed by atoms with van der Waals surface area (Å²) in [6.07, 6.45) is 5.41. The molecule has 0 amide bonds. The number of nitrogens with one attached hydrogen (secondary N) is 1. The van der Waals surface area contributed by atoms with Crippen LogP contribution >= 0.6 is 11.3 Å². The van der Waals surface area contributed by atoms with Crippen molar-refractivity contribution in [1.29, 1.82) is 0 Å². The topological polar surface area (TPSA) is 55.1 Å². The van der Waals surface area contributed by atoms with Crippen LogP contribution in [0.2, 0.25) is 0 Å². The van der Waals surface area contributed by atoms with Gasteiger partial charge in [-0.3, -0.25) is 0 Å². The SMILES string of the molecule is CCC1CCNC(c2nn3cnnc3s2)C1. The van der Waals surface area contributed by atoms with Crippen LogP contribution in [-0.2, 0) is 0 Å². The summed E-state index contributed by atoms with van der Waals surface area (Å²) in [7, 11) is 0. The van der Waals surface area contributed by atoms with Crippen molar-refractivity contribution < 1.29 is 0 Å². The third-order valence-electron chi connectivity index (χ3n) is 3.29. The van der Waals surface area contributed by atoms with Crippen molar-refractivity contribution in [3.8, 4) is 0 Å². The molecule has 6 heteroatoms. The maximum atomic E-state index is 4.51. The summed E-state index contributed by atoms with van der Waals surface area (Å²) in [6.45, 7) is 3.37. The Bertz CT molecular complexity index is 448. The second-order valence-electron chi connectivity index (χ2n) is 4.30. The average Bonchev–Trinajstić information content (AvgIpc) is 2.89. The number of piperidine rings is 1. The number of aromatic nitrogens is 4. The van der Waals surface area contributed by atoms with Gasteiger partial charge in [-0.2, -0.15) is 9.61 Å². The molecule has 2 atom stereocenters. The summed E-state index contributed by atoms with van der Waals surface area (Å²) < 4.78 is 1.76. The molecule has 16 heavy (non-hydrogen) atoms. The molecule has 5 nitrogen and oxygen atoms in total. The van der Waals surface area contributed by atoms with Crippen molar-refractivity contribution in [3.05, 3.63) is 11.3 Å². The highest BCUT2D eigenvalue weighted by Gasteiger charge is 2.24. The van der Waals surface area contributed by atoms with Crippen molar-refractivity contribution in [1.82, 2.24) is 25.1 Å². The molecular weight excluding hydrogens is 222 g/mol. The van der Waals surface area contributed by atoms with E-state index in [2.05, 4.69) is 27.5 Å². The first-order valence-electron chi connectivity index (χ1n) is 5.77. The molecule has 2 unspecified atom stereocenters. The van der Waals surface area contributed by atoms with Crippen molar-refractivity contribution in [2.75, 3.05) is 6.54 Å². The molecule has 1 saturated heterocycles. The predicted octanol–water partition coefficient (Wildman–Crippen LogP) is 1.64. The highest BCUT2D eigenvalue weighted by Crippen LogP contribution is 2.30. The highest BCUT2D eigenvalue weighted by molar-refractivity contribution is 7.16. The van der Waals surface area contributed by atoms with Crippen LogP contribution in [0, 0.1) is 5.92 Å². The Morgan fingerprint density at radius 3 is 3.38 bits per heavy atom. The predicted molar refractivity (Wildman–Crippen MR) is 62.4 cm³/mol. The van der Waals surface area contributed by atoms with E-state index in [4.69, 9.17) is 0 Å². The first-order valence-corrected chi connectivity index (χ1v) is 6.58. The van der Waals surface area contributed by atoms with E-state index in [1.807, 2.05) is 0 Å². The Balaban J connectivity index is 1.83. The Hall–Kier alpha value is -1.01. The maximum Gasteiger partial charge on any atom is 0.234 e. The third-order valence-corrected chi connectivity index (χ3v) is 4.32. The molecule has 0 spiro atoms. The normalized spacial score (nSPS) is 26.3. The Kier molecular flexibility index (Phi) is 2.61. The Labute approximate surface area is 97.9 Å². The van der Waals surface area contributed by atoms with Crippen molar-refractivity contribution in [2.45, 2.75) is 32.2 Å². The second-order valence-corrected chi connectivity index (χ2v) is 5.29. The van der Waals surface area contributed by atoms with E-state index < -0.39 is 0 Å². The zero-order valence-corrected chi connectivity index (χ0v) is 10.1. The van der Waals surface area contributed by atoms with E-state index in [-0.39, 0.29) is 0 Å². The lowest BCUT2D eigenvalue weighted by molar-refractivity contribution is 0.297. The van der Waals surface area contributed by atoms with Gasteiger partial charge in [0, 0.05) is 0 Å². The first-order chi connectivity index (χ1) is 7.86. The third kappa shape index (κ3) is 1.72. The molecule has 0 aromatic carbocycles. The Morgan fingerprint density at radius 1 is 1.62 bits per heavy atom. The van der Waals surface area contributed by atoms with Crippen molar-refractivity contribution >= 4 is 16.3 Å². The van der Waals surface area contributed by atoms with Gasteiger partial charge < -0.3 is 5.32 Å². The first kappa shape index (κ1) is 10.2. The molecule has 1 N–H and O–H groups in total. The van der Waals surface area contributed by atoms with Gasteiger partial charge in [-0.25, -0.2) is 0 Å². The fourth-order valence-electron chi connectivity index (χ4n) is 2.27. The lowest BCUT2D eigenvalue weighted by Gasteiger charge is -2.27. The smallest absolute Gasteiger partial charge is 0.234 e. The van der Waals surface area contributed by atoms with Gasteiger partial charge in [0.15, 0.2) is 0 Å². The number of hydrogen-bond donors (Lipinski definition) is 1. The summed E-state index contributed by atoms with van der Waals surface area (Å²) in [5.41, 5.74) is 0. The maximum absolute atomic E-state index is 4.51. The van der Waals surface area contributed by atoms with Gasteiger partial charge >= 0.3 is 0 Å². The quantitative estimate of drug-likeness (QED) is 0.862. The van der Waals surface area contributed by atoms with Gasteiger partial charge in [-0.05, 0) is 25.3 Å². The van der Waals surface area contributed by atoms with E-state index in [0.717, 1.165) is 22.4 Å². The lowest BCUT2D eigenvalue weighted by Crippen LogP contribution is -2.31. The van der Waals surface area contributed by atoms with Gasteiger partial charge in [-0.1, -0.05) is 24.7 Å². The molecular formula is C10H15N5S. The van der Waals surface area contributed by atoms with Crippen LogP contribution < -0.4 is 5.32 Å². The van der Waals surface area contributed by atoms with E-state index in [0.29, 0.717) is 6.04 Å². The second kappa shape index (κ2) is 4.10. The molecule has 1 aliphatic rings. The number of nitrogens with zero attached hydrogens (tertiary/aromatic N) is 4. The van der Waals surface area contributed by atoms with Crippen LogP contribution in [0.1, 0.15) is 37.2 Å². The summed E-state index contributed by atoms with van der Waals surface area (Å²) >= 11 is 1.64. The molecule has 0 aliphatic carbocycles. The fraction of sp³-hybridized carbons (Fsp3) is 0.700. The van der Waals surface area contributed by atoms with Gasteiger partial charge in [0.25, 0.3) is 0 Å². The van der Waals surface area contributed by atoms with Crippen LogP contribution in [0.5, 0.6) is 0 Å². The summed E-state index contributed by atoms with van der Waals surface area (Å²) in [6, 6.07) is 0.408. The van der Waals surface area contributed by atoms with Crippen molar-refractivity contribution in [2.24, 2.45) is 5.92 Å². The highest BCUT2D eigenvalue weighted by atomic mass is 32.1. The summed E-state index contributed by atoms with van der Waals surface area (Å²) in [4.78, 5) is 0.885. The summed E-state index contributed by atoms with van der Waals surface area (Å²) in [5.74, 6) is 0.834. The molecule has 0 bridgehead atoms. The summed E-state index contributed by atoms with van der Waals surface area (Å²) in [5, 5.41) is 17.0. The number of rotatable bonds is 2. The average molecular weight is 237 g/mol. The Morgan fingerprint density at radius 2 is 2.56 bits per heavy atom. The van der Waals surface area contributed by atoms with Gasteiger partial charge in [0.05, 0.1) is 6.04 Å². The van der Waals surface area contributed by atoms with E-state index in [1.165, 1.54) is 19.3 Å². The minimum Gasteiger partial charge on any atom is -0.308 e. The monoisotopic (exact) mass is 237 g/mol. The fourth-order valence-corrected chi connectivity index (χ4v) is 3.18. The van der Waals surface area contributed by atoms with Gasteiger partial charge in [0.2, 0.25) is 4.96 Å². The molecule has 86 valence electrons. The molecule has 0 radical (unpaired) electrons. The molecule has 2 aromatic rings. The van der Waals surface area contributed by atoms with Crippen LogP contribution in [0.4, 0.5) is 0 Å². The van der Waals surface area contributed by atoms with Crippen molar-refractivity contribution in [3.63, 3.8) is 0 Å². The lowest BCUT2D eigenvalue weighted by atomic mass is 9.91. The van der Waals surface area contributed by atoms with E-state index in [1.54, 1.807) is 22.2 Å². The number of hydrogen-bond acceptors (Lipinski definition) is 5. The minimum atomic E-state index is 0.408. The molecule has 3 rings (SSSR count). The molecule has 0 saturated carbocycles. The standard InChI is InChI=1S/C10H15N5S/c1-2-7-3-4-11-8(5-7)9-14-15-6-12-13-10(15)16-9/h6-8,11H,2-5H2,1H3. The molecule has 3 heterocycles. The molecule has 2 aromatic heterocycles. The minimum absolute atomic E-state index is 0.408. The van der Waals surface area contributed by atoms with Gasteiger partial charge in [-0.15, -0.1) is 10.2 Å². The van der Waals surface area contributed by atoms with Crippen LogP contribution in [0.3, 0.4) is 0 Å². The molecule has 1 fully saturated rings. The van der Waals surface area contributed by atoms with Crippen LogP contribution in [-0.4, -0.2) is 26.4 Å². The van der Waals surface area contributed by atoms with E-state index >= 15 is 0 Å². The van der Waals surface area contributed by atoms with Crippen LogP contribution in [0.15, 0.2) is 6.33 Å². The number of fused-ring (bicyclic) bond motifs is 1.